The topological polar surface area (TPSA) is 125 Å². The molecule has 0 aliphatic heterocycles. The van der Waals surface area contributed by atoms with Crippen molar-refractivity contribution < 1.29 is 29.0 Å². The fourth-order valence-corrected chi connectivity index (χ4v) is 3.01. The summed E-state index contributed by atoms with van der Waals surface area (Å²) in [5, 5.41) is 20.9. The van der Waals surface area contributed by atoms with Crippen molar-refractivity contribution in [2.24, 2.45) is 5.16 Å². The second-order valence-corrected chi connectivity index (χ2v) is 7.05. The van der Waals surface area contributed by atoms with E-state index >= 15 is 0 Å². The molecule has 2 aromatic rings. The van der Waals surface area contributed by atoms with Gasteiger partial charge in [0, 0.05) is 22.9 Å². The molecule has 1 heterocycles. The van der Waals surface area contributed by atoms with Crippen LogP contribution in [0.1, 0.15) is 42.9 Å². The number of carbonyl (C=O) groups excluding carboxylic acids is 1. The molecule has 1 amide bonds. The highest BCUT2D eigenvalue weighted by molar-refractivity contribution is 6.09. The number of Topliss-reactive ketones (excluding diaryl/α,β-unsaturated/α-hetero) is 1. The first-order valence-electron chi connectivity index (χ1n) is 8.20. The van der Waals surface area contributed by atoms with Crippen LogP contribution in [0.25, 0.3) is 11.1 Å². The van der Waals surface area contributed by atoms with Gasteiger partial charge in [-0.05, 0) is 44.5 Å². The van der Waals surface area contributed by atoms with E-state index in [-0.39, 0.29) is 22.8 Å². The van der Waals surface area contributed by atoms with Crippen molar-refractivity contribution >= 4 is 24.2 Å². The molecule has 0 radical (unpaired) electrons. The molecule has 2 N–H and O–H groups in total. The summed E-state index contributed by atoms with van der Waals surface area (Å²) in [5.74, 6) is -1.26. The molecule has 1 aliphatic carbocycles. The van der Waals surface area contributed by atoms with Crippen molar-refractivity contribution in [3.63, 3.8) is 0 Å². The standard InChI is InChI=1S/C18H17FN4O5/c1-18(2,3)23(17(25)26)16-20-7-12-11-6-9(19)4-5-10(11)14(24)15(13(12)22-16)28-8-21-27/h4-8,15,27H,1-3H3,(H,25,26). The summed E-state index contributed by atoms with van der Waals surface area (Å²) in [5.41, 5.74) is -0.0551. The molecule has 28 heavy (non-hydrogen) atoms. The number of carbonyl (C=O) groups is 2. The number of amides is 1. The van der Waals surface area contributed by atoms with E-state index in [2.05, 4.69) is 15.1 Å². The van der Waals surface area contributed by atoms with Gasteiger partial charge in [-0.15, -0.1) is 0 Å². The fourth-order valence-electron chi connectivity index (χ4n) is 3.01. The molecule has 1 unspecified atom stereocenters. The summed E-state index contributed by atoms with van der Waals surface area (Å²) >= 11 is 0. The quantitative estimate of drug-likeness (QED) is 0.358. The molecule has 3 rings (SSSR count). The van der Waals surface area contributed by atoms with E-state index in [9.17, 15) is 19.1 Å². The van der Waals surface area contributed by atoms with Crippen molar-refractivity contribution in [2.75, 3.05) is 4.90 Å². The van der Waals surface area contributed by atoms with Gasteiger partial charge < -0.3 is 15.1 Å². The maximum atomic E-state index is 13.8. The zero-order valence-electron chi connectivity index (χ0n) is 15.3. The first-order chi connectivity index (χ1) is 13.1. The predicted molar refractivity (Wildman–Crippen MR) is 96.1 cm³/mol. The third kappa shape index (κ3) is 3.24. The van der Waals surface area contributed by atoms with Crippen LogP contribution in [0.5, 0.6) is 0 Å². The normalized spacial score (nSPS) is 15.9. The number of benzene rings is 1. The SMILES string of the molecule is CC(C)(C)N(C(=O)O)c1ncc2c(n1)C(OC=NO)C(=O)c1ccc(F)cc1-2. The first kappa shape index (κ1) is 19.2. The van der Waals surface area contributed by atoms with Crippen LogP contribution in [0.4, 0.5) is 15.1 Å². The van der Waals surface area contributed by atoms with E-state index in [0.717, 1.165) is 11.0 Å². The number of hydrogen-bond donors (Lipinski definition) is 2. The Morgan fingerprint density at radius 2 is 2.04 bits per heavy atom. The smallest absolute Gasteiger partial charge is 0.414 e. The lowest BCUT2D eigenvalue weighted by Gasteiger charge is -2.32. The molecule has 0 saturated carbocycles. The number of oxime groups is 1. The number of ether oxygens (including phenoxy) is 1. The molecule has 1 aromatic carbocycles. The average molecular weight is 388 g/mol. The van der Waals surface area contributed by atoms with Gasteiger partial charge in [0.15, 0.2) is 0 Å². The molecule has 0 fully saturated rings. The number of rotatable bonds is 3. The predicted octanol–water partition coefficient (Wildman–Crippen LogP) is 3.24. The van der Waals surface area contributed by atoms with E-state index < -0.39 is 29.3 Å². The van der Waals surface area contributed by atoms with Gasteiger partial charge in [0.05, 0.1) is 0 Å². The maximum Gasteiger partial charge on any atom is 0.414 e. The molecular formula is C18H17FN4O5. The molecule has 9 nitrogen and oxygen atoms in total. The third-order valence-corrected chi connectivity index (χ3v) is 4.14. The average Bonchev–Trinajstić information content (AvgIpc) is 2.60. The summed E-state index contributed by atoms with van der Waals surface area (Å²) in [7, 11) is 0. The number of fused-ring (bicyclic) bond motifs is 3. The van der Waals surface area contributed by atoms with Crippen LogP contribution in [0.3, 0.4) is 0 Å². The zero-order valence-corrected chi connectivity index (χ0v) is 15.3. The Balaban J connectivity index is 2.24. The van der Waals surface area contributed by atoms with E-state index in [4.69, 9.17) is 9.94 Å². The third-order valence-electron chi connectivity index (χ3n) is 4.14. The lowest BCUT2D eigenvalue weighted by molar-refractivity contribution is 0.0767. The Morgan fingerprint density at radius 3 is 2.64 bits per heavy atom. The molecule has 0 spiro atoms. The first-order valence-corrected chi connectivity index (χ1v) is 8.20. The maximum absolute atomic E-state index is 13.8. The van der Waals surface area contributed by atoms with Gasteiger partial charge in [0.1, 0.15) is 11.5 Å². The van der Waals surface area contributed by atoms with Crippen molar-refractivity contribution in [2.45, 2.75) is 32.4 Å². The van der Waals surface area contributed by atoms with Gasteiger partial charge in [-0.25, -0.2) is 24.1 Å². The largest absolute Gasteiger partial charge is 0.465 e. The second kappa shape index (κ2) is 6.87. The number of halogens is 1. The zero-order chi connectivity index (χ0) is 20.6. The summed E-state index contributed by atoms with van der Waals surface area (Å²) in [6.45, 7) is 4.98. The molecular weight excluding hydrogens is 371 g/mol. The highest BCUT2D eigenvalue weighted by Gasteiger charge is 2.38. The molecule has 1 aliphatic rings. The number of anilines is 1. The van der Waals surface area contributed by atoms with Crippen LogP contribution in [-0.2, 0) is 4.74 Å². The molecule has 0 saturated heterocycles. The molecule has 146 valence electrons. The Labute approximate surface area is 159 Å². The number of ketones is 1. The molecule has 0 bridgehead atoms. The monoisotopic (exact) mass is 388 g/mol. The highest BCUT2D eigenvalue weighted by Crippen LogP contribution is 2.40. The molecule has 1 atom stereocenters. The van der Waals surface area contributed by atoms with Crippen molar-refractivity contribution in [3.05, 3.63) is 41.5 Å². The highest BCUT2D eigenvalue weighted by atomic mass is 19.1. The van der Waals surface area contributed by atoms with Gasteiger partial charge in [-0.3, -0.25) is 4.79 Å². The summed E-state index contributed by atoms with van der Waals surface area (Å²) < 4.78 is 19.0. The van der Waals surface area contributed by atoms with E-state index in [1.807, 2.05) is 0 Å². The molecule has 1 aromatic heterocycles. The lowest BCUT2D eigenvalue weighted by atomic mass is 9.86. The fraction of sp³-hybridized carbons (Fsp3) is 0.278. The van der Waals surface area contributed by atoms with Crippen molar-refractivity contribution in [1.29, 1.82) is 0 Å². The minimum absolute atomic E-state index is 0.0449. The van der Waals surface area contributed by atoms with Gasteiger partial charge >= 0.3 is 6.09 Å². The van der Waals surface area contributed by atoms with E-state index in [1.165, 1.54) is 18.3 Å². The second-order valence-electron chi connectivity index (χ2n) is 7.05. The van der Waals surface area contributed by atoms with Gasteiger partial charge in [0.2, 0.25) is 24.2 Å². The lowest BCUT2D eigenvalue weighted by Crippen LogP contribution is -2.46. The van der Waals surface area contributed by atoms with Gasteiger partial charge in [0.25, 0.3) is 0 Å². The number of carboxylic acid groups (broad SMARTS) is 1. The Hall–Kier alpha value is -3.56. The van der Waals surface area contributed by atoms with Crippen LogP contribution in [0.2, 0.25) is 0 Å². The van der Waals surface area contributed by atoms with Crippen LogP contribution in [-0.4, -0.2) is 44.1 Å². The van der Waals surface area contributed by atoms with Gasteiger partial charge in [-0.1, -0.05) is 5.16 Å². The Kier molecular flexibility index (Phi) is 4.72. The van der Waals surface area contributed by atoms with Crippen LogP contribution >= 0.6 is 0 Å². The number of nitrogens with zero attached hydrogens (tertiary/aromatic N) is 4. The minimum Gasteiger partial charge on any atom is -0.465 e. The van der Waals surface area contributed by atoms with Gasteiger partial charge in [-0.2, -0.15) is 0 Å². The van der Waals surface area contributed by atoms with Crippen molar-refractivity contribution in [3.8, 4) is 11.1 Å². The minimum atomic E-state index is -1.30. The van der Waals surface area contributed by atoms with Crippen molar-refractivity contribution in [1.82, 2.24) is 9.97 Å². The van der Waals surface area contributed by atoms with E-state index in [1.54, 1.807) is 20.8 Å². The van der Waals surface area contributed by atoms with E-state index in [0.29, 0.717) is 12.0 Å². The van der Waals surface area contributed by atoms with Crippen LogP contribution in [0, 0.1) is 5.82 Å². The Bertz CT molecular complexity index is 986. The number of hydrogen-bond acceptors (Lipinski definition) is 7. The molecule has 10 heteroatoms. The summed E-state index contributed by atoms with van der Waals surface area (Å²) in [4.78, 5) is 33.8. The summed E-state index contributed by atoms with van der Waals surface area (Å²) in [6, 6.07) is 3.62. The Morgan fingerprint density at radius 1 is 1.32 bits per heavy atom. The van der Waals surface area contributed by atoms with Crippen LogP contribution in [0.15, 0.2) is 29.6 Å². The number of aromatic nitrogens is 2. The summed E-state index contributed by atoms with van der Waals surface area (Å²) in [6.07, 6.45) is -0.602. The van der Waals surface area contributed by atoms with Crippen LogP contribution < -0.4 is 4.90 Å².